The van der Waals surface area contributed by atoms with Crippen molar-refractivity contribution in [1.29, 1.82) is 0 Å². The third-order valence-electron chi connectivity index (χ3n) is 5.73. The van der Waals surface area contributed by atoms with Crippen molar-refractivity contribution in [1.82, 2.24) is 10.6 Å². The van der Waals surface area contributed by atoms with Gasteiger partial charge in [0.25, 0.3) is 11.8 Å². The molecule has 1 saturated heterocycles. The molecule has 3 rings (SSSR count). The molecule has 8 heteroatoms. The molecule has 1 aromatic rings. The van der Waals surface area contributed by atoms with Crippen molar-refractivity contribution in [3.05, 3.63) is 29.8 Å². The predicted octanol–water partition coefficient (Wildman–Crippen LogP) is 1.78. The number of nitrogens with one attached hydrogen (secondary N) is 2. The van der Waals surface area contributed by atoms with Crippen LogP contribution >= 0.6 is 0 Å². The molecule has 2 N–H and O–H groups in total. The molecule has 0 bridgehead atoms. The predicted molar refractivity (Wildman–Crippen MR) is 111 cm³/mol. The highest BCUT2D eigenvalue weighted by atomic mass is 16.5. The molecule has 1 aliphatic carbocycles. The average molecular weight is 415 g/mol. The molecule has 2 fully saturated rings. The van der Waals surface area contributed by atoms with Crippen LogP contribution in [0.15, 0.2) is 24.3 Å². The minimum Gasteiger partial charge on any atom is -0.454 e. The van der Waals surface area contributed by atoms with Gasteiger partial charge in [-0.1, -0.05) is 19.8 Å². The second-order valence-electron chi connectivity index (χ2n) is 7.97. The van der Waals surface area contributed by atoms with Gasteiger partial charge in [0.2, 0.25) is 5.91 Å². The molecular weight excluding hydrogens is 386 g/mol. The molecule has 1 aliphatic heterocycles. The summed E-state index contributed by atoms with van der Waals surface area (Å²) >= 11 is 0. The molecule has 0 unspecified atom stereocenters. The maximum atomic E-state index is 12.2. The van der Waals surface area contributed by atoms with Gasteiger partial charge in [0.1, 0.15) is 6.54 Å². The van der Waals surface area contributed by atoms with E-state index in [1.165, 1.54) is 6.42 Å². The fraction of sp³-hybridized carbons (Fsp3) is 0.545. The number of rotatable bonds is 7. The van der Waals surface area contributed by atoms with Gasteiger partial charge >= 0.3 is 5.97 Å². The zero-order chi connectivity index (χ0) is 21.5. The van der Waals surface area contributed by atoms with Crippen LogP contribution < -0.4 is 15.5 Å². The lowest BCUT2D eigenvalue weighted by molar-refractivity contribution is -0.147. The number of nitrogens with zero attached hydrogens (tertiary/aromatic N) is 1. The van der Waals surface area contributed by atoms with E-state index < -0.39 is 11.9 Å². The monoisotopic (exact) mass is 415 g/mol. The Balaban J connectivity index is 1.38. The molecule has 0 radical (unpaired) electrons. The topological polar surface area (TPSA) is 105 Å². The molecule has 0 aromatic heterocycles. The Labute approximate surface area is 176 Å². The zero-order valence-electron chi connectivity index (χ0n) is 17.3. The van der Waals surface area contributed by atoms with E-state index in [2.05, 4.69) is 17.6 Å². The maximum Gasteiger partial charge on any atom is 0.325 e. The molecule has 8 nitrogen and oxygen atoms in total. The van der Waals surface area contributed by atoms with Gasteiger partial charge in [-0.05, 0) is 49.4 Å². The normalized spacial score (nSPS) is 21.2. The van der Waals surface area contributed by atoms with E-state index in [9.17, 15) is 19.2 Å². The third-order valence-corrected chi connectivity index (χ3v) is 5.73. The van der Waals surface area contributed by atoms with Crippen molar-refractivity contribution in [3.63, 3.8) is 0 Å². The summed E-state index contributed by atoms with van der Waals surface area (Å²) in [5.74, 6) is -0.911. The number of benzene rings is 1. The lowest BCUT2D eigenvalue weighted by Gasteiger charge is -2.29. The van der Waals surface area contributed by atoms with Crippen molar-refractivity contribution in [2.24, 2.45) is 5.92 Å². The Bertz CT molecular complexity index is 792. The fourth-order valence-electron chi connectivity index (χ4n) is 3.94. The third kappa shape index (κ3) is 5.81. The SMILES string of the molecule is C[C@H]1CCCC[C@H]1NC(=O)COC(=O)CNC(=O)c1ccc(N2CCCC2=O)cc1. The standard InChI is InChI=1S/C22H29N3O5/c1-15-5-2-3-6-18(15)24-19(26)14-30-21(28)13-23-22(29)16-8-10-17(11-9-16)25-12-4-7-20(25)27/h8-11,15,18H,2-7,12-14H2,1H3,(H,23,29)(H,24,26)/t15-,18+/m0/s1. The van der Waals surface area contributed by atoms with Crippen molar-refractivity contribution in [2.45, 2.75) is 51.5 Å². The summed E-state index contributed by atoms with van der Waals surface area (Å²) < 4.78 is 4.96. The van der Waals surface area contributed by atoms with E-state index in [1.54, 1.807) is 29.2 Å². The first-order valence-electron chi connectivity index (χ1n) is 10.6. The molecule has 1 aromatic carbocycles. The molecule has 30 heavy (non-hydrogen) atoms. The van der Waals surface area contributed by atoms with Crippen LogP contribution in [-0.2, 0) is 19.1 Å². The number of hydrogen-bond donors (Lipinski definition) is 2. The first-order valence-corrected chi connectivity index (χ1v) is 10.6. The highest BCUT2D eigenvalue weighted by molar-refractivity contribution is 5.98. The number of carbonyl (C=O) groups excluding carboxylic acids is 4. The van der Waals surface area contributed by atoms with Crippen molar-refractivity contribution in [3.8, 4) is 0 Å². The summed E-state index contributed by atoms with van der Waals surface area (Å²) in [4.78, 5) is 49.5. The van der Waals surface area contributed by atoms with Crippen molar-refractivity contribution >= 4 is 29.4 Å². The van der Waals surface area contributed by atoms with Gasteiger partial charge in [-0.2, -0.15) is 0 Å². The summed E-state index contributed by atoms with van der Waals surface area (Å²) in [6.45, 7) is 2.12. The quantitative estimate of drug-likeness (QED) is 0.661. The number of ether oxygens (including phenoxy) is 1. The average Bonchev–Trinajstić information content (AvgIpc) is 3.18. The first-order chi connectivity index (χ1) is 14.4. The molecule has 0 spiro atoms. The number of anilines is 1. The molecule has 1 heterocycles. The van der Waals surface area contributed by atoms with Gasteiger partial charge < -0.3 is 20.3 Å². The van der Waals surface area contributed by atoms with Gasteiger partial charge in [-0.3, -0.25) is 19.2 Å². The summed E-state index contributed by atoms with van der Waals surface area (Å²) in [6.07, 6.45) is 5.69. The maximum absolute atomic E-state index is 12.2. The Hall–Kier alpha value is -2.90. The minimum atomic E-state index is -0.672. The molecule has 2 aliphatic rings. The van der Waals surface area contributed by atoms with Crippen LogP contribution in [0.4, 0.5) is 5.69 Å². The van der Waals surface area contributed by atoms with E-state index in [1.807, 2.05) is 0 Å². The van der Waals surface area contributed by atoms with E-state index >= 15 is 0 Å². The summed E-state index contributed by atoms with van der Waals surface area (Å²) in [5, 5.41) is 5.40. The van der Waals surface area contributed by atoms with Crippen LogP contribution in [0.3, 0.4) is 0 Å². The number of esters is 1. The molecule has 2 atom stereocenters. The van der Waals surface area contributed by atoms with Crippen LogP contribution in [-0.4, -0.2) is 49.4 Å². The Morgan fingerprint density at radius 2 is 1.83 bits per heavy atom. The fourth-order valence-corrected chi connectivity index (χ4v) is 3.94. The van der Waals surface area contributed by atoms with Gasteiger partial charge in [0, 0.05) is 30.3 Å². The van der Waals surface area contributed by atoms with Crippen LogP contribution in [0.25, 0.3) is 0 Å². The smallest absolute Gasteiger partial charge is 0.325 e. The van der Waals surface area contributed by atoms with Crippen molar-refractivity contribution < 1.29 is 23.9 Å². The molecule has 1 saturated carbocycles. The van der Waals surface area contributed by atoms with Gasteiger partial charge in [-0.15, -0.1) is 0 Å². The zero-order valence-corrected chi connectivity index (χ0v) is 17.3. The molecular formula is C22H29N3O5. The lowest BCUT2D eigenvalue weighted by Crippen LogP contribution is -2.43. The highest BCUT2D eigenvalue weighted by Gasteiger charge is 2.23. The number of amides is 3. The second-order valence-corrected chi connectivity index (χ2v) is 7.97. The second kappa shape index (κ2) is 10.2. The number of hydrogen-bond acceptors (Lipinski definition) is 5. The number of carbonyl (C=O) groups is 4. The van der Waals surface area contributed by atoms with E-state index in [4.69, 9.17) is 4.74 Å². The van der Waals surface area contributed by atoms with Gasteiger partial charge in [-0.25, -0.2) is 0 Å². The lowest BCUT2D eigenvalue weighted by atomic mass is 9.86. The first kappa shape index (κ1) is 21.8. The van der Waals surface area contributed by atoms with Crippen LogP contribution in [0.2, 0.25) is 0 Å². The Kier molecular flexibility index (Phi) is 7.43. The van der Waals surface area contributed by atoms with Crippen molar-refractivity contribution in [2.75, 3.05) is 24.6 Å². The Morgan fingerprint density at radius 1 is 1.10 bits per heavy atom. The van der Waals surface area contributed by atoms with E-state index in [0.29, 0.717) is 24.4 Å². The van der Waals surface area contributed by atoms with Crippen LogP contribution in [0, 0.1) is 5.92 Å². The summed E-state index contributed by atoms with van der Waals surface area (Å²) in [6, 6.07) is 6.78. The minimum absolute atomic E-state index is 0.0805. The van der Waals surface area contributed by atoms with Gasteiger partial charge in [0.15, 0.2) is 6.61 Å². The summed E-state index contributed by atoms with van der Waals surface area (Å²) in [5.41, 5.74) is 1.13. The van der Waals surface area contributed by atoms with E-state index in [-0.39, 0.29) is 31.0 Å². The van der Waals surface area contributed by atoms with Crippen LogP contribution in [0.5, 0.6) is 0 Å². The molecule has 3 amide bonds. The van der Waals surface area contributed by atoms with E-state index in [0.717, 1.165) is 31.4 Å². The Morgan fingerprint density at radius 3 is 2.50 bits per heavy atom. The van der Waals surface area contributed by atoms with Crippen LogP contribution in [0.1, 0.15) is 55.8 Å². The largest absolute Gasteiger partial charge is 0.454 e. The van der Waals surface area contributed by atoms with Gasteiger partial charge in [0.05, 0.1) is 0 Å². The molecule has 162 valence electrons. The summed E-state index contributed by atoms with van der Waals surface area (Å²) in [7, 11) is 0. The highest BCUT2D eigenvalue weighted by Crippen LogP contribution is 2.23.